The van der Waals surface area contributed by atoms with Crippen LogP contribution in [0.5, 0.6) is 0 Å². The largest absolute Gasteiger partial charge is 0.342 e. The number of thiophene rings is 1. The third kappa shape index (κ3) is 2.72. The van der Waals surface area contributed by atoms with E-state index < -0.39 is 0 Å². The average Bonchev–Trinajstić information content (AvgIpc) is 3.00. The summed E-state index contributed by atoms with van der Waals surface area (Å²) in [4.78, 5) is 1.38. The minimum atomic E-state index is 0.207. The molecule has 2 aromatic heterocycles. The van der Waals surface area contributed by atoms with E-state index in [2.05, 4.69) is 59.5 Å². The maximum absolute atomic E-state index is 5.89. The van der Waals surface area contributed by atoms with Crippen molar-refractivity contribution in [3.63, 3.8) is 0 Å². The fourth-order valence-corrected chi connectivity index (χ4v) is 3.14. The lowest BCUT2D eigenvalue weighted by atomic mass is 10.1. The zero-order chi connectivity index (χ0) is 13.2. The summed E-state index contributed by atoms with van der Waals surface area (Å²) in [5.74, 6) is 0. The zero-order valence-electron chi connectivity index (χ0n) is 11.0. The van der Waals surface area contributed by atoms with Gasteiger partial charge in [0.2, 0.25) is 0 Å². The Morgan fingerprint density at radius 2 is 2.16 bits per heavy atom. The van der Waals surface area contributed by atoms with Gasteiger partial charge in [-0.1, -0.05) is 18.2 Å². The summed E-state index contributed by atoms with van der Waals surface area (Å²) >= 11 is 1.80. The molecule has 2 heterocycles. The van der Waals surface area contributed by atoms with Crippen LogP contribution in [-0.4, -0.2) is 10.6 Å². The van der Waals surface area contributed by atoms with Gasteiger partial charge in [-0.2, -0.15) is 0 Å². The molecule has 19 heavy (non-hydrogen) atoms. The summed E-state index contributed by atoms with van der Waals surface area (Å²) in [5, 5.41) is 3.42. The number of aromatic nitrogens is 1. The molecule has 0 aliphatic rings. The number of nitrogens with two attached hydrogens (primary N) is 1. The average molecular weight is 270 g/mol. The van der Waals surface area contributed by atoms with E-state index in [4.69, 9.17) is 5.73 Å². The van der Waals surface area contributed by atoms with Crippen LogP contribution in [0.25, 0.3) is 10.9 Å². The van der Waals surface area contributed by atoms with Crippen molar-refractivity contribution in [3.05, 3.63) is 58.4 Å². The van der Waals surface area contributed by atoms with Crippen molar-refractivity contribution in [1.29, 1.82) is 0 Å². The maximum Gasteiger partial charge on any atom is 0.0569 e. The van der Waals surface area contributed by atoms with Gasteiger partial charge in [0.1, 0.15) is 0 Å². The quantitative estimate of drug-likeness (QED) is 0.771. The van der Waals surface area contributed by atoms with Crippen LogP contribution in [0, 0.1) is 0 Å². The van der Waals surface area contributed by atoms with Crippen LogP contribution in [0.1, 0.15) is 17.4 Å². The molecular formula is C16H18N2S. The molecule has 0 fully saturated rings. The summed E-state index contributed by atoms with van der Waals surface area (Å²) in [7, 11) is 0. The van der Waals surface area contributed by atoms with Gasteiger partial charge in [0.25, 0.3) is 0 Å². The van der Waals surface area contributed by atoms with Crippen molar-refractivity contribution in [2.75, 3.05) is 0 Å². The molecule has 1 unspecified atom stereocenters. The molecule has 0 saturated carbocycles. The number of hydrogen-bond acceptors (Lipinski definition) is 2. The van der Waals surface area contributed by atoms with Crippen molar-refractivity contribution in [2.45, 2.75) is 25.9 Å². The lowest BCUT2D eigenvalue weighted by Crippen LogP contribution is -2.17. The number of rotatable bonds is 4. The fourth-order valence-electron chi connectivity index (χ4n) is 2.44. The second-order valence-corrected chi connectivity index (χ2v) is 6.13. The number of benzene rings is 1. The van der Waals surface area contributed by atoms with Crippen molar-refractivity contribution >= 4 is 22.2 Å². The normalized spacial score (nSPS) is 12.9. The van der Waals surface area contributed by atoms with Gasteiger partial charge in [-0.3, -0.25) is 0 Å². The van der Waals surface area contributed by atoms with Gasteiger partial charge in [-0.25, -0.2) is 0 Å². The van der Waals surface area contributed by atoms with Crippen LogP contribution < -0.4 is 5.73 Å². The van der Waals surface area contributed by atoms with Crippen molar-refractivity contribution in [2.24, 2.45) is 5.73 Å². The maximum atomic E-state index is 5.89. The molecule has 3 heteroatoms. The van der Waals surface area contributed by atoms with E-state index in [1.165, 1.54) is 21.3 Å². The molecular weight excluding hydrogens is 252 g/mol. The Morgan fingerprint density at radius 1 is 1.26 bits per heavy atom. The second-order valence-electron chi connectivity index (χ2n) is 5.10. The first kappa shape index (κ1) is 12.5. The first-order valence-corrected chi connectivity index (χ1v) is 7.46. The Hall–Kier alpha value is -1.58. The molecule has 2 nitrogen and oxygen atoms in total. The Kier molecular flexibility index (Phi) is 3.40. The van der Waals surface area contributed by atoms with Gasteiger partial charge < -0.3 is 10.3 Å². The highest BCUT2D eigenvalue weighted by Crippen LogP contribution is 2.21. The highest BCUT2D eigenvalue weighted by molar-refractivity contribution is 7.09. The van der Waals surface area contributed by atoms with E-state index in [-0.39, 0.29) is 6.04 Å². The van der Waals surface area contributed by atoms with Crippen molar-refractivity contribution in [1.82, 2.24) is 4.57 Å². The van der Waals surface area contributed by atoms with Crippen LogP contribution in [0.4, 0.5) is 0 Å². The molecule has 0 aliphatic carbocycles. The molecule has 0 amide bonds. The molecule has 0 saturated heterocycles. The third-order valence-electron chi connectivity index (χ3n) is 3.30. The SMILES string of the molecule is CC(N)Cc1ccc2ccn(Cc3cccs3)c2c1. The van der Waals surface area contributed by atoms with E-state index in [0.717, 1.165) is 13.0 Å². The van der Waals surface area contributed by atoms with Crippen LogP contribution in [-0.2, 0) is 13.0 Å². The van der Waals surface area contributed by atoms with Gasteiger partial charge in [0.05, 0.1) is 6.54 Å². The Morgan fingerprint density at radius 3 is 2.89 bits per heavy atom. The molecule has 0 aliphatic heterocycles. The number of hydrogen-bond donors (Lipinski definition) is 1. The van der Waals surface area contributed by atoms with E-state index in [1.54, 1.807) is 11.3 Å². The number of fused-ring (bicyclic) bond motifs is 1. The van der Waals surface area contributed by atoms with Gasteiger partial charge in [-0.05, 0) is 47.9 Å². The first-order chi connectivity index (χ1) is 9.22. The molecule has 1 atom stereocenters. The van der Waals surface area contributed by atoms with Crippen LogP contribution in [0.2, 0.25) is 0 Å². The summed E-state index contributed by atoms with van der Waals surface area (Å²) in [6, 6.07) is 13.3. The van der Waals surface area contributed by atoms with Gasteiger partial charge in [0.15, 0.2) is 0 Å². The predicted octanol–water partition coefficient (Wildman–Crippen LogP) is 3.64. The highest BCUT2D eigenvalue weighted by Gasteiger charge is 2.05. The van der Waals surface area contributed by atoms with E-state index >= 15 is 0 Å². The minimum Gasteiger partial charge on any atom is -0.342 e. The Bertz CT molecular complexity index is 665. The topological polar surface area (TPSA) is 30.9 Å². The lowest BCUT2D eigenvalue weighted by Gasteiger charge is -2.08. The summed E-state index contributed by atoms with van der Waals surface area (Å²) < 4.78 is 2.31. The van der Waals surface area contributed by atoms with Gasteiger partial charge in [0, 0.05) is 22.6 Å². The van der Waals surface area contributed by atoms with E-state index in [0.29, 0.717) is 0 Å². The zero-order valence-corrected chi connectivity index (χ0v) is 11.9. The summed E-state index contributed by atoms with van der Waals surface area (Å²) in [6.07, 6.45) is 3.10. The Labute approximate surface area is 117 Å². The van der Waals surface area contributed by atoms with Crippen LogP contribution in [0.3, 0.4) is 0 Å². The van der Waals surface area contributed by atoms with Gasteiger partial charge in [-0.15, -0.1) is 11.3 Å². The molecule has 0 bridgehead atoms. The second kappa shape index (κ2) is 5.19. The summed E-state index contributed by atoms with van der Waals surface area (Å²) in [6.45, 7) is 3.00. The highest BCUT2D eigenvalue weighted by atomic mass is 32.1. The Balaban J connectivity index is 1.95. The molecule has 2 N–H and O–H groups in total. The smallest absolute Gasteiger partial charge is 0.0569 e. The molecule has 1 aromatic carbocycles. The van der Waals surface area contributed by atoms with E-state index in [1.807, 2.05) is 0 Å². The summed E-state index contributed by atoms with van der Waals surface area (Å²) in [5.41, 5.74) is 8.50. The van der Waals surface area contributed by atoms with Crippen molar-refractivity contribution in [3.8, 4) is 0 Å². The standard InChI is InChI=1S/C16H18N2S/c1-12(17)9-13-4-5-14-6-7-18(16(14)10-13)11-15-3-2-8-19-15/h2-8,10,12H,9,11,17H2,1H3. The third-order valence-corrected chi connectivity index (χ3v) is 4.16. The van der Waals surface area contributed by atoms with E-state index in [9.17, 15) is 0 Å². The van der Waals surface area contributed by atoms with Crippen LogP contribution >= 0.6 is 11.3 Å². The minimum absolute atomic E-state index is 0.207. The first-order valence-electron chi connectivity index (χ1n) is 6.58. The lowest BCUT2D eigenvalue weighted by molar-refractivity contribution is 0.738. The predicted molar refractivity (Wildman–Crippen MR) is 82.7 cm³/mol. The fraction of sp³-hybridized carbons (Fsp3) is 0.250. The molecule has 98 valence electrons. The molecule has 3 aromatic rings. The number of nitrogens with zero attached hydrogens (tertiary/aromatic N) is 1. The molecule has 0 spiro atoms. The van der Waals surface area contributed by atoms with Crippen molar-refractivity contribution < 1.29 is 0 Å². The van der Waals surface area contributed by atoms with Gasteiger partial charge >= 0.3 is 0 Å². The molecule has 0 radical (unpaired) electrons. The monoisotopic (exact) mass is 270 g/mol. The molecule has 3 rings (SSSR count). The van der Waals surface area contributed by atoms with Crippen LogP contribution in [0.15, 0.2) is 48.0 Å².